The van der Waals surface area contributed by atoms with Crippen molar-refractivity contribution in [1.29, 1.82) is 0 Å². The Hall–Kier alpha value is -0.730. The third kappa shape index (κ3) is 4.15. The molecule has 0 saturated heterocycles. The van der Waals surface area contributed by atoms with Crippen LogP contribution in [0.4, 0.5) is 0 Å². The number of hydrogen-bond donors (Lipinski definition) is 1. The predicted octanol–water partition coefficient (Wildman–Crippen LogP) is -2.22. The minimum atomic E-state index is 0. The van der Waals surface area contributed by atoms with Crippen molar-refractivity contribution >= 4 is 0 Å². The van der Waals surface area contributed by atoms with E-state index in [1.807, 2.05) is 12.1 Å². The van der Waals surface area contributed by atoms with Crippen LogP contribution in [0.5, 0.6) is 5.75 Å². The Bertz CT molecular complexity index is 223. The summed E-state index contributed by atoms with van der Waals surface area (Å²) in [6, 6.07) is 8.20. The van der Waals surface area contributed by atoms with Crippen LogP contribution >= 0.6 is 0 Å². The summed E-state index contributed by atoms with van der Waals surface area (Å²) in [5, 5.41) is 2.27. The van der Waals surface area contributed by atoms with Gasteiger partial charge in [-0.2, -0.15) is 0 Å². The minimum absolute atomic E-state index is 0. The molecule has 1 aromatic rings. The number of nitrogens with two attached hydrogens (primary N) is 1. The second-order valence-electron chi connectivity index (χ2n) is 2.75. The fourth-order valence-corrected chi connectivity index (χ4v) is 1.07. The first-order valence-electron chi connectivity index (χ1n) is 4.31. The normalized spacial score (nSPS) is 9.08. The van der Waals surface area contributed by atoms with E-state index in [0.29, 0.717) is 0 Å². The topological polar surface area (TPSA) is 25.8 Å². The van der Waals surface area contributed by atoms with Crippen LogP contribution in [0.15, 0.2) is 24.3 Å². The van der Waals surface area contributed by atoms with E-state index >= 15 is 0 Å². The van der Waals surface area contributed by atoms with Gasteiger partial charge < -0.3 is 22.5 Å². The van der Waals surface area contributed by atoms with Gasteiger partial charge in [-0.1, -0.05) is 0 Å². The number of benzene rings is 1. The highest BCUT2D eigenvalue weighted by Gasteiger charge is 1.94. The summed E-state index contributed by atoms with van der Waals surface area (Å²) in [5.41, 5.74) is 1.35. The molecule has 3 heteroatoms. The molecule has 74 valence electrons. The van der Waals surface area contributed by atoms with Crippen LogP contribution in [0.2, 0.25) is 0 Å². The lowest BCUT2D eigenvalue weighted by Gasteiger charge is -2.01. The first-order valence-corrected chi connectivity index (χ1v) is 4.31. The van der Waals surface area contributed by atoms with Gasteiger partial charge in [-0.3, -0.25) is 0 Å². The zero-order valence-electron chi connectivity index (χ0n) is 8.09. The van der Waals surface area contributed by atoms with Crippen molar-refractivity contribution in [3.05, 3.63) is 29.8 Å². The molecule has 0 bridgehead atoms. The van der Waals surface area contributed by atoms with Crippen LogP contribution in [0.1, 0.15) is 12.5 Å². The standard InChI is InChI=1S/C10H15NO.ClH/c1-3-11-8-9-4-6-10(12-2)7-5-9;/h4-7,11H,3,8H2,1-2H3;1H. The van der Waals surface area contributed by atoms with Gasteiger partial charge in [0.25, 0.3) is 0 Å². The highest BCUT2D eigenvalue weighted by molar-refractivity contribution is 5.26. The van der Waals surface area contributed by atoms with E-state index in [2.05, 4.69) is 24.4 Å². The van der Waals surface area contributed by atoms with Gasteiger partial charge in [0.05, 0.1) is 13.7 Å². The summed E-state index contributed by atoms with van der Waals surface area (Å²) in [6.07, 6.45) is 0. The van der Waals surface area contributed by atoms with Gasteiger partial charge in [-0.25, -0.2) is 0 Å². The molecule has 0 spiro atoms. The fourth-order valence-electron chi connectivity index (χ4n) is 1.07. The molecular weight excluding hydrogens is 186 g/mol. The Balaban J connectivity index is 0.00000144. The van der Waals surface area contributed by atoms with Gasteiger partial charge >= 0.3 is 0 Å². The molecule has 0 fully saturated rings. The molecule has 2 nitrogen and oxygen atoms in total. The zero-order valence-corrected chi connectivity index (χ0v) is 8.84. The van der Waals surface area contributed by atoms with E-state index in [4.69, 9.17) is 4.74 Å². The van der Waals surface area contributed by atoms with Crippen molar-refractivity contribution in [3.8, 4) is 5.75 Å². The number of methoxy groups -OCH3 is 1. The Kier molecular flexibility index (Phi) is 6.37. The second-order valence-corrected chi connectivity index (χ2v) is 2.75. The third-order valence-corrected chi connectivity index (χ3v) is 1.83. The zero-order chi connectivity index (χ0) is 8.81. The lowest BCUT2D eigenvalue weighted by Crippen LogP contribution is -3.00. The SMILES string of the molecule is CC[NH2+]Cc1ccc(OC)cc1.[Cl-]. The van der Waals surface area contributed by atoms with E-state index in [9.17, 15) is 0 Å². The Morgan fingerprint density at radius 3 is 2.31 bits per heavy atom. The van der Waals surface area contributed by atoms with Crippen molar-refractivity contribution in [2.45, 2.75) is 13.5 Å². The largest absolute Gasteiger partial charge is 1.00 e. The predicted molar refractivity (Wildman–Crippen MR) is 49.2 cm³/mol. The Labute approximate surface area is 85.7 Å². The van der Waals surface area contributed by atoms with Crippen molar-refractivity contribution in [1.82, 2.24) is 0 Å². The summed E-state index contributed by atoms with van der Waals surface area (Å²) < 4.78 is 5.06. The average Bonchev–Trinajstić information content (AvgIpc) is 2.15. The van der Waals surface area contributed by atoms with Crippen molar-refractivity contribution in [3.63, 3.8) is 0 Å². The number of hydrogen-bond acceptors (Lipinski definition) is 1. The van der Waals surface area contributed by atoms with Crippen LogP contribution in [0, 0.1) is 0 Å². The van der Waals surface area contributed by atoms with Gasteiger partial charge in [0.15, 0.2) is 0 Å². The summed E-state index contributed by atoms with van der Waals surface area (Å²) in [4.78, 5) is 0. The Morgan fingerprint density at radius 2 is 1.85 bits per heavy atom. The van der Waals surface area contributed by atoms with Crippen molar-refractivity contribution < 1.29 is 22.5 Å². The second kappa shape index (κ2) is 6.75. The number of halogens is 1. The Morgan fingerprint density at radius 1 is 1.23 bits per heavy atom. The molecule has 0 atom stereocenters. The number of quaternary nitrogens is 1. The van der Waals surface area contributed by atoms with Crippen LogP contribution in [-0.2, 0) is 6.54 Å². The summed E-state index contributed by atoms with van der Waals surface area (Å²) in [5.74, 6) is 0.926. The molecular formula is C10H16ClNO. The van der Waals surface area contributed by atoms with Crippen LogP contribution in [0.25, 0.3) is 0 Å². The third-order valence-electron chi connectivity index (χ3n) is 1.83. The van der Waals surface area contributed by atoms with E-state index in [1.54, 1.807) is 7.11 Å². The summed E-state index contributed by atoms with van der Waals surface area (Å²) in [6.45, 7) is 4.34. The first kappa shape index (κ1) is 12.3. The van der Waals surface area contributed by atoms with E-state index < -0.39 is 0 Å². The molecule has 13 heavy (non-hydrogen) atoms. The van der Waals surface area contributed by atoms with Gasteiger partial charge in [0.2, 0.25) is 0 Å². The highest BCUT2D eigenvalue weighted by Crippen LogP contribution is 2.09. The van der Waals surface area contributed by atoms with Crippen LogP contribution < -0.4 is 22.5 Å². The van der Waals surface area contributed by atoms with Gasteiger partial charge in [0, 0.05) is 5.56 Å². The van der Waals surface area contributed by atoms with Crippen molar-refractivity contribution in [2.24, 2.45) is 0 Å². The maximum Gasteiger partial charge on any atom is 0.118 e. The van der Waals surface area contributed by atoms with Gasteiger partial charge in [-0.15, -0.1) is 0 Å². The van der Waals surface area contributed by atoms with E-state index in [0.717, 1.165) is 18.8 Å². The fraction of sp³-hybridized carbons (Fsp3) is 0.400. The number of rotatable bonds is 4. The minimum Gasteiger partial charge on any atom is -1.00 e. The van der Waals surface area contributed by atoms with Crippen LogP contribution in [0.3, 0.4) is 0 Å². The molecule has 0 saturated carbocycles. The molecule has 0 aliphatic carbocycles. The maximum atomic E-state index is 5.06. The molecule has 2 N–H and O–H groups in total. The van der Waals surface area contributed by atoms with E-state index in [-0.39, 0.29) is 12.4 Å². The highest BCUT2D eigenvalue weighted by atomic mass is 35.5. The smallest absolute Gasteiger partial charge is 0.118 e. The molecule has 0 aliphatic heterocycles. The average molecular weight is 202 g/mol. The maximum absolute atomic E-state index is 5.06. The molecule has 1 aromatic carbocycles. The van der Waals surface area contributed by atoms with Crippen LogP contribution in [-0.4, -0.2) is 13.7 Å². The molecule has 0 radical (unpaired) electrons. The quantitative estimate of drug-likeness (QED) is 0.587. The first-order chi connectivity index (χ1) is 5.86. The molecule has 0 aliphatic rings. The van der Waals surface area contributed by atoms with Gasteiger partial charge in [0.1, 0.15) is 12.3 Å². The molecule has 0 unspecified atom stereocenters. The summed E-state index contributed by atoms with van der Waals surface area (Å²) in [7, 11) is 1.69. The number of ether oxygens (including phenoxy) is 1. The van der Waals surface area contributed by atoms with E-state index in [1.165, 1.54) is 5.56 Å². The molecule has 1 rings (SSSR count). The monoisotopic (exact) mass is 201 g/mol. The summed E-state index contributed by atoms with van der Waals surface area (Å²) >= 11 is 0. The van der Waals surface area contributed by atoms with Gasteiger partial charge in [-0.05, 0) is 31.2 Å². The van der Waals surface area contributed by atoms with Crippen molar-refractivity contribution in [2.75, 3.05) is 13.7 Å². The lowest BCUT2D eigenvalue weighted by atomic mass is 10.2. The lowest BCUT2D eigenvalue weighted by molar-refractivity contribution is -0.667. The molecule has 0 heterocycles. The molecule has 0 amide bonds. The molecule has 0 aromatic heterocycles.